The monoisotopic (exact) mass is 583 g/mol. The number of hydrogen-bond acceptors (Lipinski definition) is 5. The van der Waals surface area contributed by atoms with E-state index in [0.29, 0.717) is 19.1 Å². The minimum atomic E-state index is -0.516. The molecule has 2 amide bonds. The van der Waals surface area contributed by atoms with E-state index in [9.17, 15) is 9.90 Å². The average molecular weight is 584 g/mol. The van der Waals surface area contributed by atoms with E-state index < -0.39 is 6.29 Å². The fourth-order valence-electron chi connectivity index (χ4n) is 6.23. The Hall–Kier alpha value is -3.49. The van der Waals surface area contributed by atoms with Crippen molar-refractivity contribution in [2.75, 3.05) is 19.6 Å². The van der Waals surface area contributed by atoms with Crippen LogP contribution < -0.4 is 10.6 Å². The first-order chi connectivity index (χ1) is 21.1. The van der Waals surface area contributed by atoms with Gasteiger partial charge in [-0.3, -0.25) is 4.90 Å². The van der Waals surface area contributed by atoms with Crippen LogP contribution in [0.1, 0.15) is 73.7 Å². The Morgan fingerprint density at radius 2 is 1.70 bits per heavy atom. The lowest BCUT2D eigenvalue weighted by molar-refractivity contribution is -0.253. The Kier molecular flexibility index (Phi) is 11.0. The lowest BCUT2D eigenvalue weighted by Gasteiger charge is -2.39. The zero-order valence-electron chi connectivity index (χ0n) is 25.2. The van der Waals surface area contributed by atoms with Crippen molar-refractivity contribution in [1.82, 2.24) is 15.5 Å². The summed E-state index contributed by atoms with van der Waals surface area (Å²) in [6.07, 6.45) is 7.14. The van der Waals surface area contributed by atoms with Gasteiger partial charge >= 0.3 is 6.03 Å². The SMILES string of the molecule is C=CCN(C[C@@H]1C[C@H](c2ccc(CO)cc2)O[C@H](c2cccc(-c3cccc(CNC(=O)NCC)c3)c2)O1)C1CCCC1. The van der Waals surface area contributed by atoms with Crippen LogP contribution >= 0.6 is 0 Å². The molecule has 228 valence electrons. The molecule has 3 atom stereocenters. The Morgan fingerprint density at radius 1 is 0.953 bits per heavy atom. The van der Waals surface area contributed by atoms with Crippen molar-refractivity contribution in [2.45, 2.75) is 76.7 Å². The molecule has 2 fully saturated rings. The summed E-state index contributed by atoms with van der Waals surface area (Å²) in [6, 6.07) is 25.0. The van der Waals surface area contributed by atoms with E-state index in [1.54, 1.807) is 0 Å². The van der Waals surface area contributed by atoms with Gasteiger partial charge in [0, 0.05) is 44.2 Å². The summed E-state index contributed by atoms with van der Waals surface area (Å²) in [5, 5.41) is 15.2. The third-order valence-corrected chi connectivity index (χ3v) is 8.47. The highest BCUT2D eigenvalue weighted by Crippen LogP contribution is 2.39. The summed E-state index contributed by atoms with van der Waals surface area (Å²) in [7, 11) is 0. The van der Waals surface area contributed by atoms with Crippen molar-refractivity contribution in [1.29, 1.82) is 0 Å². The molecular formula is C36H45N3O4. The number of nitrogens with zero attached hydrogens (tertiary/aromatic N) is 1. The number of carbonyl (C=O) groups excluding carboxylic acids is 1. The van der Waals surface area contributed by atoms with Crippen LogP contribution in [-0.2, 0) is 22.6 Å². The van der Waals surface area contributed by atoms with E-state index in [-0.39, 0.29) is 24.8 Å². The van der Waals surface area contributed by atoms with Gasteiger partial charge in [0.1, 0.15) is 0 Å². The van der Waals surface area contributed by atoms with Crippen molar-refractivity contribution in [3.63, 3.8) is 0 Å². The molecule has 1 heterocycles. The summed E-state index contributed by atoms with van der Waals surface area (Å²) >= 11 is 0. The van der Waals surface area contributed by atoms with E-state index in [1.165, 1.54) is 25.7 Å². The molecule has 3 aromatic carbocycles. The molecule has 3 N–H and O–H groups in total. The van der Waals surface area contributed by atoms with Crippen LogP contribution in [0.25, 0.3) is 11.1 Å². The first-order valence-corrected chi connectivity index (χ1v) is 15.6. The number of rotatable bonds is 12. The van der Waals surface area contributed by atoms with Gasteiger partial charge in [-0.2, -0.15) is 0 Å². The van der Waals surface area contributed by atoms with Gasteiger partial charge in [-0.1, -0.05) is 79.6 Å². The Morgan fingerprint density at radius 3 is 2.42 bits per heavy atom. The summed E-state index contributed by atoms with van der Waals surface area (Å²) in [6.45, 7) is 8.68. The molecule has 5 rings (SSSR count). The zero-order chi connectivity index (χ0) is 30.0. The topological polar surface area (TPSA) is 83.1 Å². The maximum atomic E-state index is 11.9. The third kappa shape index (κ3) is 8.33. The number of hydrogen-bond donors (Lipinski definition) is 3. The van der Waals surface area contributed by atoms with Gasteiger partial charge in [0.25, 0.3) is 0 Å². The first-order valence-electron chi connectivity index (χ1n) is 15.6. The second-order valence-electron chi connectivity index (χ2n) is 11.6. The fraction of sp³-hybridized carbons (Fsp3) is 0.417. The molecule has 0 spiro atoms. The highest BCUT2D eigenvalue weighted by Gasteiger charge is 2.34. The molecule has 0 bridgehead atoms. The molecule has 2 aliphatic rings. The minimum absolute atomic E-state index is 0.00542. The van der Waals surface area contributed by atoms with Crippen molar-refractivity contribution >= 4 is 6.03 Å². The maximum absolute atomic E-state index is 11.9. The van der Waals surface area contributed by atoms with Crippen LogP contribution in [0.3, 0.4) is 0 Å². The Labute approximate surface area is 255 Å². The van der Waals surface area contributed by atoms with Crippen molar-refractivity contribution in [3.8, 4) is 11.1 Å². The predicted octanol–water partition coefficient (Wildman–Crippen LogP) is 6.64. The van der Waals surface area contributed by atoms with Crippen LogP contribution in [0.15, 0.2) is 85.5 Å². The first kappa shape index (κ1) is 31.0. The van der Waals surface area contributed by atoms with Crippen molar-refractivity contribution in [2.24, 2.45) is 0 Å². The lowest BCUT2D eigenvalue weighted by atomic mass is 9.98. The quantitative estimate of drug-likeness (QED) is 0.208. The lowest BCUT2D eigenvalue weighted by Crippen LogP contribution is -2.43. The molecule has 0 aromatic heterocycles. The largest absolute Gasteiger partial charge is 0.392 e. The van der Waals surface area contributed by atoms with Crippen LogP contribution in [0.5, 0.6) is 0 Å². The normalized spacial score (nSPS) is 20.7. The molecule has 7 heteroatoms. The number of ether oxygens (including phenoxy) is 2. The van der Waals surface area contributed by atoms with E-state index >= 15 is 0 Å². The highest BCUT2D eigenvalue weighted by molar-refractivity contribution is 5.74. The molecule has 1 aliphatic heterocycles. The van der Waals surface area contributed by atoms with E-state index in [1.807, 2.05) is 43.3 Å². The number of nitrogens with one attached hydrogen (secondary N) is 2. The standard InChI is InChI=1S/C36H45N3O4/c1-3-19-39(32-13-5-6-14-32)24-33-22-34(28-17-15-26(25-40)16-18-28)43-35(42-33)31-12-8-11-30(21-31)29-10-7-9-27(20-29)23-38-36(41)37-4-2/h3,7-12,15-18,20-21,32-35,40H,1,4-6,13-14,19,22-25H2,2H3,(H2,37,38,41)/t33-,34+,35+/m0/s1. The maximum Gasteiger partial charge on any atom is 0.315 e. The average Bonchev–Trinajstić information content (AvgIpc) is 3.59. The molecule has 1 saturated carbocycles. The van der Waals surface area contributed by atoms with Gasteiger partial charge in [0.15, 0.2) is 6.29 Å². The second-order valence-corrected chi connectivity index (χ2v) is 11.6. The highest BCUT2D eigenvalue weighted by atomic mass is 16.7. The van der Waals surface area contributed by atoms with Crippen molar-refractivity contribution in [3.05, 3.63) is 108 Å². The van der Waals surface area contributed by atoms with Crippen LogP contribution in [0.4, 0.5) is 4.79 Å². The number of benzene rings is 3. The zero-order valence-corrected chi connectivity index (χ0v) is 25.2. The Bertz CT molecular complexity index is 1340. The number of aliphatic hydroxyl groups is 1. The summed E-state index contributed by atoms with van der Waals surface area (Å²) in [5.74, 6) is 0. The number of carbonyl (C=O) groups is 1. The molecule has 43 heavy (non-hydrogen) atoms. The van der Waals surface area contributed by atoms with Crippen molar-refractivity contribution < 1.29 is 19.4 Å². The smallest absolute Gasteiger partial charge is 0.315 e. The molecule has 7 nitrogen and oxygen atoms in total. The molecule has 3 aromatic rings. The van der Waals surface area contributed by atoms with Crippen LogP contribution in [0, 0.1) is 0 Å². The summed E-state index contributed by atoms with van der Waals surface area (Å²) in [4.78, 5) is 14.4. The molecule has 1 aliphatic carbocycles. The third-order valence-electron chi connectivity index (χ3n) is 8.47. The van der Waals surface area contributed by atoms with E-state index in [4.69, 9.17) is 9.47 Å². The van der Waals surface area contributed by atoms with Gasteiger partial charge in [-0.25, -0.2) is 4.79 Å². The number of urea groups is 1. The molecule has 0 radical (unpaired) electrons. The molecular weight excluding hydrogens is 538 g/mol. The van der Waals surface area contributed by atoms with Gasteiger partial charge in [0.05, 0.1) is 18.8 Å². The van der Waals surface area contributed by atoms with E-state index in [0.717, 1.165) is 52.9 Å². The number of amides is 2. The Balaban J connectivity index is 1.37. The van der Waals surface area contributed by atoms with Gasteiger partial charge in [-0.15, -0.1) is 6.58 Å². The van der Waals surface area contributed by atoms with Gasteiger partial charge in [-0.05, 0) is 59.7 Å². The summed E-state index contributed by atoms with van der Waals surface area (Å²) < 4.78 is 13.4. The van der Waals surface area contributed by atoms with E-state index in [2.05, 4.69) is 64.6 Å². The molecule has 0 unspecified atom stereocenters. The fourth-order valence-corrected chi connectivity index (χ4v) is 6.23. The minimum Gasteiger partial charge on any atom is -0.392 e. The van der Waals surface area contributed by atoms with Gasteiger partial charge in [0.2, 0.25) is 0 Å². The predicted molar refractivity (Wildman–Crippen MR) is 170 cm³/mol. The van der Waals surface area contributed by atoms with Crippen LogP contribution in [-0.4, -0.2) is 47.8 Å². The summed E-state index contributed by atoms with van der Waals surface area (Å²) in [5.41, 5.74) is 6.11. The van der Waals surface area contributed by atoms with Gasteiger partial charge < -0.3 is 25.2 Å². The number of aliphatic hydroxyl groups excluding tert-OH is 1. The molecule has 1 saturated heterocycles. The van der Waals surface area contributed by atoms with Crippen LogP contribution in [0.2, 0.25) is 0 Å². The second kappa shape index (κ2) is 15.3.